The van der Waals surface area contributed by atoms with Gasteiger partial charge in [-0.05, 0) is 67.0 Å². The van der Waals surface area contributed by atoms with E-state index in [0.29, 0.717) is 54.4 Å². The van der Waals surface area contributed by atoms with Gasteiger partial charge in [0, 0.05) is 24.9 Å². The van der Waals surface area contributed by atoms with Gasteiger partial charge in [0.25, 0.3) is 0 Å². The average Bonchev–Trinajstić information content (AvgIpc) is 2.97. The van der Waals surface area contributed by atoms with Gasteiger partial charge in [-0.3, -0.25) is 14.5 Å². The Labute approximate surface area is 246 Å². The van der Waals surface area contributed by atoms with Crippen LogP contribution >= 0.6 is 0 Å². The number of carbonyl (C=O) groups excluding carboxylic acids is 2. The number of benzene rings is 3. The Hall–Kier alpha value is -4.26. The molecule has 0 bridgehead atoms. The van der Waals surface area contributed by atoms with E-state index in [9.17, 15) is 27.2 Å². The summed E-state index contributed by atoms with van der Waals surface area (Å²) < 4.78 is 58.4. The molecule has 0 radical (unpaired) electrons. The van der Waals surface area contributed by atoms with Crippen molar-refractivity contribution >= 4 is 35.0 Å². The topological polar surface area (TPSA) is 109 Å². The van der Waals surface area contributed by atoms with Crippen molar-refractivity contribution in [3.05, 3.63) is 95.3 Å². The van der Waals surface area contributed by atoms with Crippen molar-refractivity contribution in [1.82, 2.24) is 10.2 Å². The van der Waals surface area contributed by atoms with E-state index < -0.39 is 29.5 Å². The summed E-state index contributed by atoms with van der Waals surface area (Å²) in [5.74, 6) is -2.41. The zero-order valence-electron chi connectivity index (χ0n) is 23.3. The predicted octanol–water partition coefficient (Wildman–Crippen LogP) is 5.07. The van der Waals surface area contributed by atoms with Gasteiger partial charge >= 0.3 is 6.18 Å². The van der Waals surface area contributed by atoms with Gasteiger partial charge in [-0.1, -0.05) is 36.4 Å². The van der Waals surface area contributed by atoms with Gasteiger partial charge in [0.2, 0.25) is 11.8 Å². The number of nitrogens with one attached hydrogen (secondary N) is 3. The van der Waals surface area contributed by atoms with Crippen LogP contribution in [-0.4, -0.2) is 56.1 Å². The summed E-state index contributed by atoms with van der Waals surface area (Å²) in [4.78, 5) is 27.9. The van der Waals surface area contributed by atoms with E-state index in [2.05, 4.69) is 20.9 Å². The Balaban J connectivity index is 1.43. The molecule has 1 saturated heterocycles. The van der Waals surface area contributed by atoms with Crippen LogP contribution in [0.5, 0.6) is 0 Å². The third-order valence-electron chi connectivity index (χ3n) is 6.82. The minimum atomic E-state index is -4.84. The summed E-state index contributed by atoms with van der Waals surface area (Å²) >= 11 is 0. The number of amides is 2. The van der Waals surface area contributed by atoms with Crippen LogP contribution in [0, 0.1) is 5.82 Å². The smallest absolute Gasteiger partial charge is 0.397 e. The summed E-state index contributed by atoms with van der Waals surface area (Å²) in [6, 6.07) is 15.1. The van der Waals surface area contributed by atoms with Crippen molar-refractivity contribution < 1.29 is 31.9 Å². The van der Waals surface area contributed by atoms with E-state index >= 15 is 0 Å². The number of nitrogens with zero attached hydrogens (tertiary/aromatic N) is 1. The summed E-state index contributed by atoms with van der Waals surface area (Å²) in [7, 11) is 0. The number of morpholine rings is 1. The normalized spacial score (nSPS) is 14.9. The van der Waals surface area contributed by atoms with Crippen molar-refractivity contribution in [1.29, 1.82) is 0 Å². The first kappa shape index (κ1) is 31.7. The molecule has 5 N–H and O–H groups in total. The average molecular weight is 600 g/mol. The molecule has 0 spiro atoms. The number of carbonyl (C=O) groups is 2. The lowest BCUT2D eigenvalue weighted by atomic mass is 10.0. The molecule has 1 aliphatic heterocycles. The number of ether oxygens (including phenoxy) is 1. The summed E-state index contributed by atoms with van der Waals surface area (Å²) in [5.41, 5.74) is 6.56. The second-order valence-corrected chi connectivity index (χ2v) is 9.95. The van der Waals surface area contributed by atoms with E-state index in [1.54, 1.807) is 54.6 Å². The van der Waals surface area contributed by atoms with E-state index in [0.717, 1.165) is 32.1 Å². The van der Waals surface area contributed by atoms with Gasteiger partial charge in [0.05, 0.1) is 30.2 Å². The third kappa shape index (κ3) is 9.37. The maximum absolute atomic E-state index is 14.1. The van der Waals surface area contributed by atoms with Crippen LogP contribution in [0.15, 0.2) is 72.8 Å². The lowest BCUT2D eigenvalue weighted by Gasteiger charge is -2.27. The van der Waals surface area contributed by atoms with E-state index in [-0.39, 0.29) is 11.6 Å². The monoisotopic (exact) mass is 599 g/mol. The Morgan fingerprint density at radius 1 is 1.00 bits per heavy atom. The van der Waals surface area contributed by atoms with E-state index in [1.165, 1.54) is 6.08 Å². The molecule has 1 fully saturated rings. The minimum absolute atomic E-state index is 0.0970. The predicted molar refractivity (Wildman–Crippen MR) is 158 cm³/mol. The fourth-order valence-electron chi connectivity index (χ4n) is 4.53. The Kier molecular flexibility index (Phi) is 10.9. The number of hydrogen-bond acceptors (Lipinski definition) is 6. The summed E-state index contributed by atoms with van der Waals surface area (Å²) in [5, 5.41) is 8.43. The summed E-state index contributed by atoms with van der Waals surface area (Å²) in [6.07, 6.45) is -1.15. The highest BCUT2D eigenvalue weighted by Gasteiger charge is 2.34. The van der Waals surface area contributed by atoms with Crippen LogP contribution in [0.4, 0.5) is 34.6 Å². The highest BCUT2D eigenvalue weighted by Crippen LogP contribution is 2.32. The first-order valence-electron chi connectivity index (χ1n) is 13.7. The minimum Gasteiger partial charge on any atom is -0.397 e. The van der Waals surface area contributed by atoms with Crippen LogP contribution in [0.2, 0.25) is 0 Å². The molecule has 3 aromatic carbocycles. The number of hydrogen-bond donors (Lipinski definition) is 4. The molecule has 228 valence electrons. The lowest BCUT2D eigenvalue weighted by Crippen LogP contribution is -2.39. The van der Waals surface area contributed by atoms with Crippen molar-refractivity contribution in [2.75, 3.05) is 55.8 Å². The fraction of sp³-hybridized carbons (Fsp3) is 0.290. The molecule has 0 saturated carbocycles. The highest BCUT2D eigenvalue weighted by molar-refractivity contribution is 6.03. The SMILES string of the molecule is Nc1ccccc1NC(=O)/C=C/c1ccc(C(NCCCN2CCOCC2)C(=O)Nc2ccc(C(F)(F)F)c(F)c2)cc1. The molecule has 4 rings (SSSR count). The summed E-state index contributed by atoms with van der Waals surface area (Å²) in [6.45, 7) is 4.27. The van der Waals surface area contributed by atoms with Crippen molar-refractivity contribution in [3.63, 3.8) is 0 Å². The molecule has 1 heterocycles. The van der Waals surface area contributed by atoms with Crippen molar-refractivity contribution in [2.24, 2.45) is 0 Å². The van der Waals surface area contributed by atoms with E-state index in [1.807, 2.05) is 0 Å². The molecule has 8 nitrogen and oxygen atoms in total. The van der Waals surface area contributed by atoms with E-state index in [4.69, 9.17) is 10.5 Å². The van der Waals surface area contributed by atoms with Gasteiger partial charge in [0.15, 0.2) is 0 Å². The maximum Gasteiger partial charge on any atom is 0.419 e. The number of rotatable bonds is 11. The first-order chi connectivity index (χ1) is 20.6. The number of anilines is 3. The molecule has 3 aromatic rings. The Bertz CT molecular complexity index is 1420. The number of nitrogens with two attached hydrogens (primary N) is 1. The first-order valence-corrected chi connectivity index (χ1v) is 13.7. The van der Waals surface area contributed by atoms with Crippen LogP contribution < -0.4 is 21.7 Å². The highest BCUT2D eigenvalue weighted by atomic mass is 19.4. The molecule has 0 aliphatic carbocycles. The second-order valence-electron chi connectivity index (χ2n) is 9.95. The molecule has 12 heteroatoms. The zero-order valence-corrected chi connectivity index (χ0v) is 23.3. The molecule has 1 unspecified atom stereocenters. The van der Waals surface area contributed by atoms with Crippen LogP contribution in [0.3, 0.4) is 0 Å². The van der Waals surface area contributed by atoms with Crippen molar-refractivity contribution in [3.8, 4) is 0 Å². The molecular weight excluding hydrogens is 566 g/mol. The Morgan fingerprint density at radius 2 is 1.72 bits per heavy atom. The van der Waals surface area contributed by atoms with Gasteiger partial charge < -0.3 is 26.4 Å². The van der Waals surface area contributed by atoms with Crippen LogP contribution in [-0.2, 0) is 20.5 Å². The molecule has 1 aliphatic rings. The lowest BCUT2D eigenvalue weighted by molar-refractivity contribution is -0.140. The quantitative estimate of drug-likeness (QED) is 0.106. The Morgan fingerprint density at radius 3 is 2.40 bits per heavy atom. The number of para-hydroxylation sites is 2. The van der Waals surface area contributed by atoms with Gasteiger partial charge in [-0.2, -0.15) is 13.2 Å². The number of alkyl halides is 3. The molecule has 0 aromatic heterocycles. The van der Waals surface area contributed by atoms with Crippen molar-refractivity contribution in [2.45, 2.75) is 18.6 Å². The standard InChI is InChI=1S/C31H33F4N5O3/c32-25-20-23(11-12-24(25)31(33,34)35)38-30(42)29(37-14-3-15-40-16-18-43-19-17-40)22-9-6-21(7-10-22)8-13-28(41)39-27-5-2-1-4-26(27)36/h1-2,4-13,20,29,37H,3,14-19,36H2,(H,38,42)(H,39,41)/b13-8+. The fourth-order valence-corrected chi connectivity index (χ4v) is 4.53. The maximum atomic E-state index is 14.1. The second kappa shape index (κ2) is 14.8. The van der Waals surface area contributed by atoms with Gasteiger partial charge in [-0.15, -0.1) is 0 Å². The largest absolute Gasteiger partial charge is 0.419 e. The number of nitrogen functional groups attached to an aromatic ring is 1. The number of halogens is 4. The molecule has 1 atom stereocenters. The molecular formula is C31H33F4N5O3. The van der Waals surface area contributed by atoms with Crippen LogP contribution in [0.1, 0.15) is 29.2 Å². The molecule has 2 amide bonds. The van der Waals surface area contributed by atoms with Crippen LogP contribution in [0.25, 0.3) is 6.08 Å². The third-order valence-corrected chi connectivity index (χ3v) is 6.82. The van der Waals surface area contributed by atoms with Gasteiger partial charge in [0.1, 0.15) is 11.9 Å². The van der Waals surface area contributed by atoms with Gasteiger partial charge in [-0.25, -0.2) is 4.39 Å². The zero-order chi connectivity index (χ0) is 30.8. The molecule has 43 heavy (non-hydrogen) atoms.